The Kier molecular flexibility index (Phi) is 5.20. The number of ketones is 1. The lowest BCUT2D eigenvalue weighted by Crippen LogP contribution is -2.22. The quantitative estimate of drug-likeness (QED) is 0.469. The van der Waals surface area contributed by atoms with Crippen LogP contribution in [-0.4, -0.2) is 19.9 Å². The first-order valence-electron chi connectivity index (χ1n) is 12.2. The van der Waals surface area contributed by atoms with E-state index in [0.29, 0.717) is 0 Å². The third-order valence-electron chi connectivity index (χ3n) is 8.01. The molecular formula is C31H34N2O. The van der Waals surface area contributed by atoms with Crippen molar-refractivity contribution in [3.63, 3.8) is 0 Å². The van der Waals surface area contributed by atoms with E-state index >= 15 is 0 Å². The maximum absolute atomic E-state index is 13.2. The predicted molar refractivity (Wildman–Crippen MR) is 142 cm³/mol. The molecule has 3 aliphatic rings. The first-order chi connectivity index (χ1) is 16.1. The molecule has 0 unspecified atom stereocenters. The van der Waals surface area contributed by atoms with E-state index in [1.54, 1.807) is 0 Å². The van der Waals surface area contributed by atoms with Gasteiger partial charge in [0.2, 0.25) is 0 Å². The van der Waals surface area contributed by atoms with E-state index in [0.717, 1.165) is 24.0 Å². The number of hydrogen-bond donors (Lipinski definition) is 0. The number of likely N-dealkylation sites (N-methyl/N-ethyl adjacent to an activating group) is 2. The van der Waals surface area contributed by atoms with E-state index in [1.165, 1.54) is 33.9 Å². The summed E-state index contributed by atoms with van der Waals surface area (Å²) in [5, 5.41) is 0. The highest BCUT2D eigenvalue weighted by Gasteiger charge is 2.39. The van der Waals surface area contributed by atoms with Crippen molar-refractivity contribution < 1.29 is 4.79 Å². The van der Waals surface area contributed by atoms with Crippen LogP contribution in [-0.2, 0) is 15.6 Å². The highest BCUT2D eigenvalue weighted by Crippen LogP contribution is 2.48. The van der Waals surface area contributed by atoms with Crippen molar-refractivity contribution in [1.82, 2.24) is 0 Å². The smallest absolute Gasteiger partial charge is 0.185 e. The van der Waals surface area contributed by atoms with Crippen LogP contribution in [0.3, 0.4) is 0 Å². The number of allylic oxidation sites excluding steroid dienone is 8. The highest BCUT2D eigenvalue weighted by molar-refractivity contribution is 6.11. The van der Waals surface area contributed by atoms with Gasteiger partial charge in [-0.1, -0.05) is 76.2 Å². The molecule has 0 atom stereocenters. The lowest BCUT2D eigenvalue weighted by molar-refractivity contribution is -0.111. The molecule has 2 aliphatic heterocycles. The summed E-state index contributed by atoms with van der Waals surface area (Å²) in [6.07, 6.45) is 10.0. The molecule has 174 valence electrons. The molecular weight excluding hydrogens is 416 g/mol. The van der Waals surface area contributed by atoms with Crippen LogP contribution in [0.1, 0.15) is 51.7 Å². The number of rotatable bonds is 2. The Balaban J connectivity index is 1.41. The van der Waals surface area contributed by atoms with E-state index in [4.69, 9.17) is 0 Å². The van der Waals surface area contributed by atoms with Crippen LogP contribution in [0.25, 0.3) is 0 Å². The normalized spacial score (nSPS) is 25.2. The minimum Gasteiger partial charge on any atom is -0.347 e. The molecule has 3 heteroatoms. The first-order valence-corrected chi connectivity index (χ1v) is 12.2. The Morgan fingerprint density at radius 2 is 1.03 bits per heavy atom. The Labute approximate surface area is 203 Å². The highest BCUT2D eigenvalue weighted by atomic mass is 16.1. The fourth-order valence-corrected chi connectivity index (χ4v) is 5.98. The molecule has 0 N–H and O–H groups in total. The molecule has 2 aromatic rings. The lowest BCUT2D eigenvalue weighted by atomic mass is 9.83. The molecule has 0 spiro atoms. The average Bonchev–Trinajstić information content (AvgIpc) is 3.33. The fraction of sp³-hybridized carbons (Fsp3) is 0.323. The molecule has 0 saturated heterocycles. The average molecular weight is 451 g/mol. The zero-order valence-corrected chi connectivity index (χ0v) is 21.1. The number of Topliss-reactive ketones (excluding diaryl/α,β-unsaturated/α-hetero) is 1. The first kappa shape index (κ1) is 22.5. The largest absolute Gasteiger partial charge is 0.347 e. The van der Waals surface area contributed by atoms with Gasteiger partial charge in [-0.25, -0.2) is 0 Å². The Morgan fingerprint density at radius 1 is 0.647 bits per heavy atom. The molecule has 1 saturated carbocycles. The fourth-order valence-electron chi connectivity index (χ4n) is 5.98. The number of nitrogens with zero attached hydrogens (tertiary/aromatic N) is 2. The van der Waals surface area contributed by atoms with Gasteiger partial charge in [-0.15, -0.1) is 0 Å². The Hall–Kier alpha value is -3.33. The number of benzene rings is 2. The van der Waals surface area contributed by atoms with Crippen LogP contribution >= 0.6 is 0 Å². The van der Waals surface area contributed by atoms with Crippen molar-refractivity contribution in [2.45, 2.75) is 51.4 Å². The monoisotopic (exact) mass is 450 g/mol. The van der Waals surface area contributed by atoms with Gasteiger partial charge in [-0.3, -0.25) is 4.79 Å². The van der Waals surface area contributed by atoms with E-state index in [1.807, 2.05) is 0 Å². The number of anilines is 2. The van der Waals surface area contributed by atoms with Gasteiger partial charge in [0.1, 0.15) is 0 Å². The molecule has 3 nitrogen and oxygen atoms in total. The molecule has 1 fully saturated rings. The molecule has 2 aromatic carbocycles. The molecule has 0 bridgehead atoms. The second-order valence-corrected chi connectivity index (χ2v) is 10.7. The maximum Gasteiger partial charge on any atom is 0.185 e. The minimum atomic E-state index is -0.0826. The minimum absolute atomic E-state index is 0.0826. The Bertz CT molecular complexity index is 1200. The SMILES string of the molecule is CN1/C(=C\C=C2\CC/C(=C\C=C3\N(C)c4ccccc4C3(C)C)C2=O)C(C)(C)c2ccccc21. The summed E-state index contributed by atoms with van der Waals surface area (Å²) in [7, 11) is 4.23. The summed E-state index contributed by atoms with van der Waals surface area (Å²) in [6, 6.07) is 17.1. The maximum atomic E-state index is 13.2. The van der Waals surface area contributed by atoms with Crippen molar-refractivity contribution in [2.75, 3.05) is 23.9 Å². The number of fused-ring (bicyclic) bond motifs is 2. The van der Waals surface area contributed by atoms with Gasteiger partial charge in [0.05, 0.1) is 0 Å². The standard InChI is InChI=1S/C31H34N2O/c1-30(2)23-11-7-9-13-25(23)32(5)27(30)19-17-21-15-16-22(29(21)34)18-20-28-31(3,4)24-12-8-10-14-26(24)33(28)6/h7-14,17-20H,15-16H2,1-6H3/b21-17-,22-18+,27-19-,28-20+. The number of carbonyl (C=O) groups is 1. The van der Waals surface area contributed by atoms with Crippen molar-refractivity contribution in [3.05, 3.63) is 107 Å². The third-order valence-corrected chi connectivity index (χ3v) is 8.01. The van der Waals surface area contributed by atoms with Crippen molar-refractivity contribution >= 4 is 17.2 Å². The number of carbonyl (C=O) groups excluding carboxylic acids is 1. The van der Waals surface area contributed by atoms with E-state index in [9.17, 15) is 4.79 Å². The Morgan fingerprint density at radius 3 is 1.41 bits per heavy atom. The summed E-state index contributed by atoms with van der Waals surface area (Å²) in [4.78, 5) is 17.7. The lowest BCUT2D eigenvalue weighted by Gasteiger charge is -2.23. The molecule has 2 heterocycles. The van der Waals surface area contributed by atoms with Gasteiger partial charge in [0, 0.05) is 58.8 Å². The topological polar surface area (TPSA) is 23.6 Å². The second kappa shape index (κ2) is 7.87. The summed E-state index contributed by atoms with van der Waals surface area (Å²) in [6.45, 7) is 9.02. The van der Waals surface area contributed by atoms with Crippen LogP contribution in [0.5, 0.6) is 0 Å². The summed E-state index contributed by atoms with van der Waals surface area (Å²) >= 11 is 0. The van der Waals surface area contributed by atoms with Gasteiger partial charge < -0.3 is 9.80 Å². The zero-order chi connectivity index (χ0) is 24.3. The third kappa shape index (κ3) is 3.29. The predicted octanol–water partition coefficient (Wildman–Crippen LogP) is 6.83. The van der Waals surface area contributed by atoms with Crippen LogP contribution in [0.15, 0.2) is 95.4 Å². The van der Waals surface area contributed by atoms with Crippen LogP contribution in [0.4, 0.5) is 11.4 Å². The molecule has 0 amide bonds. The van der Waals surface area contributed by atoms with Gasteiger partial charge in [0.15, 0.2) is 5.78 Å². The van der Waals surface area contributed by atoms with Gasteiger partial charge in [-0.2, -0.15) is 0 Å². The van der Waals surface area contributed by atoms with Gasteiger partial charge in [-0.05, 0) is 48.3 Å². The van der Waals surface area contributed by atoms with Crippen LogP contribution < -0.4 is 9.80 Å². The summed E-state index contributed by atoms with van der Waals surface area (Å²) < 4.78 is 0. The zero-order valence-electron chi connectivity index (χ0n) is 21.1. The van der Waals surface area contributed by atoms with Crippen LogP contribution in [0, 0.1) is 0 Å². The number of para-hydroxylation sites is 2. The van der Waals surface area contributed by atoms with Crippen molar-refractivity contribution in [3.8, 4) is 0 Å². The van der Waals surface area contributed by atoms with E-state index in [-0.39, 0.29) is 16.6 Å². The second-order valence-electron chi connectivity index (χ2n) is 10.7. The van der Waals surface area contributed by atoms with E-state index in [2.05, 4.69) is 124 Å². The summed E-state index contributed by atoms with van der Waals surface area (Å²) in [5.41, 5.74) is 9.23. The van der Waals surface area contributed by atoms with E-state index < -0.39 is 0 Å². The van der Waals surface area contributed by atoms with Crippen LogP contribution in [0.2, 0.25) is 0 Å². The molecule has 1 aliphatic carbocycles. The molecule has 0 aromatic heterocycles. The summed E-state index contributed by atoms with van der Waals surface area (Å²) in [5.74, 6) is 0.181. The number of hydrogen-bond acceptors (Lipinski definition) is 3. The van der Waals surface area contributed by atoms with Gasteiger partial charge in [0.25, 0.3) is 0 Å². The van der Waals surface area contributed by atoms with Crippen molar-refractivity contribution in [1.29, 1.82) is 0 Å². The van der Waals surface area contributed by atoms with Crippen molar-refractivity contribution in [2.24, 2.45) is 0 Å². The molecule has 34 heavy (non-hydrogen) atoms. The molecule has 0 radical (unpaired) electrons. The molecule has 5 rings (SSSR count). The van der Waals surface area contributed by atoms with Gasteiger partial charge >= 0.3 is 0 Å².